The summed E-state index contributed by atoms with van der Waals surface area (Å²) in [6, 6.07) is 0.178. The highest BCUT2D eigenvalue weighted by Crippen LogP contribution is 2.22. The summed E-state index contributed by atoms with van der Waals surface area (Å²) >= 11 is 0. The van der Waals surface area contributed by atoms with Gasteiger partial charge >= 0.3 is 5.97 Å². The van der Waals surface area contributed by atoms with Crippen LogP contribution in [0.25, 0.3) is 0 Å². The molecule has 0 bridgehead atoms. The maximum absolute atomic E-state index is 11.7. The molecule has 2 unspecified atom stereocenters. The van der Waals surface area contributed by atoms with Crippen molar-refractivity contribution in [3.63, 3.8) is 0 Å². The summed E-state index contributed by atoms with van der Waals surface area (Å²) in [4.78, 5) is 15.7. The lowest BCUT2D eigenvalue weighted by Crippen LogP contribution is -2.44. The molecule has 1 aromatic heterocycles. The second kappa shape index (κ2) is 4.65. The summed E-state index contributed by atoms with van der Waals surface area (Å²) in [6.07, 6.45) is 7.57. The fraction of sp³-hybridized carbons (Fsp3) is 0.636. The summed E-state index contributed by atoms with van der Waals surface area (Å²) in [5, 5.41) is 3.31. The van der Waals surface area contributed by atoms with E-state index in [1.807, 2.05) is 17.7 Å². The molecule has 5 heteroatoms. The van der Waals surface area contributed by atoms with E-state index in [9.17, 15) is 4.79 Å². The van der Waals surface area contributed by atoms with Crippen molar-refractivity contribution in [3.8, 4) is 0 Å². The number of nitrogens with zero attached hydrogens (tertiary/aromatic N) is 2. The van der Waals surface area contributed by atoms with Crippen molar-refractivity contribution in [1.82, 2.24) is 14.9 Å². The second-order valence-electron chi connectivity index (χ2n) is 4.19. The van der Waals surface area contributed by atoms with Gasteiger partial charge in [-0.1, -0.05) is 0 Å². The van der Waals surface area contributed by atoms with Gasteiger partial charge in [-0.2, -0.15) is 0 Å². The molecule has 0 aromatic carbocycles. The van der Waals surface area contributed by atoms with Crippen molar-refractivity contribution in [2.24, 2.45) is 0 Å². The minimum Gasteiger partial charge on any atom is -0.468 e. The maximum Gasteiger partial charge on any atom is 0.325 e. The number of esters is 1. The van der Waals surface area contributed by atoms with Gasteiger partial charge in [0.2, 0.25) is 0 Å². The van der Waals surface area contributed by atoms with Crippen LogP contribution in [0.4, 0.5) is 0 Å². The fourth-order valence-corrected chi connectivity index (χ4v) is 1.72. The summed E-state index contributed by atoms with van der Waals surface area (Å²) < 4.78 is 6.74. The summed E-state index contributed by atoms with van der Waals surface area (Å²) in [5.74, 6) is -0.215. The SMILES string of the molecule is COC(=O)C(NC1CC1)C(C)n1ccnc1. The number of hydrogen-bond donors (Lipinski definition) is 1. The molecule has 1 aromatic rings. The number of carbonyl (C=O) groups is 1. The van der Waals surface area contributed by atoms with Crippen LogP contribution in [-0.4, -0.2) is 34.7 Å². The van der Waals surface area contributed by atoms with Gasteiger partial charge < -0.3 is 9.30 Å². The molecular formula is C11H17N3O2. The van der Waals surface area contributed by atoms with E-state index >= 15 is 0 Å². The van der Waals surface area contributed by atoms with Crippen LogP contribution < -0.4 is 5.32 Å². The molecule has 0 spiro atoms. The average Bonchev–Trinajstić information content (AvgIpc) is 2.95. The van der Waals surface area contributed by atoms with E-state index in [0.29, 0.717) is 6.04 Å². The lowest BCUT2D eigenvalue weighted by molar-refractivity contribution is -0.144. The zero-order valence-electron chi connectivity index (χ0n) is 9.59. The third kappa shape index (κ3) is 2.41. The van der Waals surface area contributed by atoms with Gasteiger partial charge in [-0.3, -0.25) is 10.1 Å². The number of hydrogen-bond acceptors (Lipinski definition) is 4. The summed E-state index contributed by atoms with van der Waals surface area (Å²) in [7, 11) is 1.42. The molecule has 1 aliphatic rings. The molecule has 1 N–H and O–H groups in total. The highest BCUT2D eigenvalue weighted by Gasteiger charge is 2.33. The van der Waals surface area contributed by atoms with Crippen LogP contribution in [-0.2, 0) is 9.53 Å². The van der Waals surface area contributed by atoms with Crippen LogP contribution in [0.3, 0.4) is 0 Å². The van der Waals surface area contributed by atoms with E-state index < -0.39 is 0 Å². The number of carbonyl (C=O) groups excluding carboxylic acids is 1. The lowest BCUT2D eigenvalue weighted by Gasteiger charge is -2.23. The quantitative estimate of drug-likeness (QED) is 0.748. The predicted octanol–water partition coefficient (Wildman–Crippen LogP) is 0.738. The number of methoxy groups -OCH3 is 1. The van der Waals surface area contributed by atoms with Crippen LogP contribution in [0, 0.1) is 0 Å². The van der Waals surface area contributed by atoms with Gasteiger partial charge in [0.15, 0.2) is 0 Å². The van der Waals surface area contributed by atoms with E-state index in [1.54, 1.807) is 12.5 Å². The molecule has 2 atom stereocenters. The Kier molecular flexibility index (Phi) is 3.24. The highest BCUT2D eigenvalue weighted by molar-refractivity contribution is 5.76. The number of ether oxygens (including phenoxy) is 1. The minimum absolute atomic E-state index is 0.00977. The van der Waals surface area contributed by atoms with Crippen LogP contribution in [0.2, 0.25) is 0 Å². The molecule has 0 aliphatic heterocycles. The normalized spacial score (nSPS) is 19.1. The molecule has 0 amide bonds. The van der Waals surface area contributed by atoms with E-state index in [2.05, 4.69) is 10.3 Å². The van der Waals surface area contributed by atoms with Crippen molar-refractivity contribution in [2.45, 2.75) is 37.9 Å². The predicted molar refractivity (Wildman–Crippen MR) is 58.9 cm³/mol. The standard InChI is InChI=1S/C11H17N3O2/c1-8(14-6-5-12-7-14)10(11(15)16-2)13-9-3-4-9/h5-10,13H,3-4H2,1-2H3. The molecule has 16 heavy (non-hydrogen) atoms. The van der Waals surface area contributed by atoms with Crippen molar-refractivity contribution in [2.75, 3.05) is 7.11 Å². The molecule has 1 fully saturated rings. The number of rotatable bonds is 5. The Balaban J connectivity index is 2.07. The van der Waals surface area contributed by atoms with Gasteiger partial charge in [0, 0.05) is 18.4 Å². The summed E-state index contributed by atoms with van der Waals surface area (Å²) in [6.45, 7) is 1.98. The Morgan fingerprint density at radius 3 is 2.88 bits per heavy atom. The van der Waals surface area contributed by atoms with Crippen molar-refractivity contribution in [3.05, 3.63) is 18.7 Å². The van der Waals surface area contributed by atoms with Crippen LogP contribution in [0.5, 0.6) is 0 Å². The van der Waals surface area contributed by atoms with E-state index in [4.69, 9.17) is 4.74 Å². The minimum atomic E-state index is -0.299. The van der Waals surface area contributed by atoms with Gasteiger partial charge in [-0.15, -0.1) is 0 Å². The summed E-state index contributed by atoms with van der Waals surface area (Å²) in [5.41, 5.74) is 0. The first-order valence-electron chi connectivity index (χ1n) is 5.53. The van der Waals surface area contributed by atoms with Gasteiger partial charge in [0.05, 0.1) is 19.5 Å². The first-order chi connectivity index (χ1) is 7.72. The van der Waals surface area contributed by atoms with Gasteiger partial charge in [0.25, 0.3) is 0 Å². The molecule has 1 aliphatic carbocycles. The number of aromatic nitrogens is 2. The molecule has 1 heterocycles. The molecule has 1 saturated carbocycles. The molecule has 0 saturated heterocycles. The lowest BCUT2D eigenvalue weighted by atomic mass is 10.1. The first kappa shape index (κ1) is 11.1. The Morgan fingerprint density at radius 1 is 1.62 bits per heavy atom. The zero-order valence-corrected chi connectivity index (χ0v) is 9.59. The van der Waals surface area contributed by atoms with Gasteiger partial charge in [-0.25, -0.2) is 4.98 Å². The Labute approximate surface area is 94.8 Å². The monoisotopic (exact) mass is 223 g/mol. The van der Waals surface area contributed by atoms with Crippen molar-refractivity contribution < 1.29 is 9.53 Å². The molecular weight excluding hydrogens is 206 g/mol. The maximum atomic E-state index is 11.7. The van der Waals surface area contributed by atoms with Crippen LogP contribution in [0.1, 0.15) is 25.8 Å². The first-order valence-corrected chi connectivity index (χ1v) is 5.53. The Morgan fingerprint density at radius 2 is 2.38 bits per heavy atom. The van der Waals surface area contributed by atoms with Crippen molar-refractivity contribution >= 4 is 5.97 Å². The molecule has 88 valence electrons. The molecule has 2 rings (SSSR count). The van der Waals surface area contributed by atoms with Crippen molar-refractivity contribution in [1.29, 1.82) is 0 Å². The van der Waals surface area contributed by atoms with Gasteiger partial charge in [0.1, 0.15) is 6.04 Å². The van der Waals surface area contributed by atoms with Gasteiger partial charge in [-0.05, 0) is 19.8 Å². The highest BCUT2D eigenvalue weighted by atomic mass is 16.5. The topological polar surface area (TPSA) is 56.1 Å². The number of nitrogens with one attached hydrogen (secondary N) is 1. The average molecular weight is 223 g/mol. The third-order valence-corrected chi connectivity index (χ3v) is 2.93. The Bertz CT molecular complexity index is 346. The Hall–Kier alpha value is -1.36. The van der Waals surface area contributed by atoms with E-state index in [-0.39, 0.29) is 18.1 Å². The fourth-order valence-electron chi connectivity index (χ4n) is 1.72. The van der Waals surface area contributed by atoms with Crippen LogP contribution in [0.15, 0.2) is 18.7 Å². The van der Waals surface area contributed by atoms with E-state index in [1.165, 1.54) is 7.11 Å². The molecule has 0 radical (unpaired) electrons. The second-order valence-corrected chi connectivity index (χ2v) is 4.19. The zero-order chi connectivity index (χ0) is 11.5. The third-order valence-electron chi connectivity index (χ3n) is 2.93. The van der Waals surface area contributed by atoms with Crippen LogP contribution >= 0.6 is 0 Å². The van der Waals surface area contributed by atoms with E-state index in [0.717, 1.165) is 12.8 Å². The largest absolute Gasteiger partial charge is 0.468 e. The smallest absolute Gasteiger partial charge is 0.325 e. The molecule has 5 nitrogen and oxygen atoms in total. The number of imidazole rings is 1.